The fourth-order valence-electron chi connectivity index (χ4n) is 2.96. The summed E-state index contributed by atoms with van der Waals surface area (Å²) in [5.74, 6) is -2.94. The number of alkyl halides is 2. The largest absolute Gasteiger partial charge is 0.366 e. The molecule has 0 atom stereocenters. The third-order valence-electron chi connectivity index (χ3n) is 4.33. The number of hydrogen-bond acceptors (Lipinski definition) is 6. The van der Waals surface area contributed by atoms with Crippen molar-refractivity contribution in [3.63, 3.8) is 0 Å². The standard InChI is InChI=1S/C18H15F2N5OS/c19-18(20)8-12(9-18)25(15-7-11(16(21)26)4-6-23-15)17-24-10-14(27-17)13-3-1-2-5-22-13/h1-7,10,12H,8-9H2,(H2,21,26). The molecule has 1 fully saturated rings. The molecule has 0 spiro atoms. The maximum absolute atomic E-state index is 13.5. The molecule has 3 aromatic rings. The summed E-state index contributed by atoms with van der Waals surface area (Å²) in [5.41, 5.74) is 6.35. The molecule has 0 bridgehead atoms. The molecule has 138 valence electrons. The zero-order chi connectivity index (χ0) is 19.0. The van der Waals surface area contributed by atoms with Crippen LogP contribution in [-0.2, 0) is 0 Å². The van der Waals surface area contributed by atoms with Crippen molar-refractivity contribution in [1.82, 2.24) is 15.0 Å². The zero-order valence-corrected chi connectivity index (χ0v) is 14.9. The number of amides is 1. The van der Waals surface area contributed by atoms with Crippen LogP contribution >= 0.6 is 11.3 Å². The summed E-state index contributed by atoms with van der Waals surface area (Å²) < 4.78 is 27.0. The van der Waals surface area contributed by atoms with E-state index in [-0.39, 0.29) is 18.4 Å². The highest BCUT2D eigenvalue weighted by atomic mass is 32.1. The molecule has 0 unspecified atom stereocenters. The molecule has 0 aromatic carbocycles. The molecule has 27 heavy (non-hydrogen) atoms. The van der Waals surface area contributed by atoms with Crippen molar-refractivity contribution in [3.05, 3.63) is 54.5 Å². The molecule has 0 radical (unpaired) electrons. The summed E-state index contributed by atoms with van der Waals surface area (Å²) in [6.45, 7) is 0. The number of carbonyl (C=O) groups excluding carboxylic acids is 1. The van der Waals surface area contributed by atoms with Gasteiger partial charge in [-0.1, -0.05) is 17.4 Å². The van der Waals surface area contributed by atoms with Gasteiger partial charge in [0, 0.05) is 43.0 Å². The fourth-order valence-corrected chi connectivity index (χ4v) is 3.93. The summed E-state index contributed by atoms with van der Waals surface area (Å²) in [6.07, 6.45) is 4.18. The molecule has 1 amide bonds. The number of carbonyl (C=O) groups is 1. The Labute approximate surface area is 157 Å². The average molecular weight is 387 g/mol. The number of rotatable bonds is 5. The lowest BCUT2D eigenvalue weighted by molar-refractivity contribution is -0.0839. The van der Waals surface area contributed by atoms with E-state index < -0.39 is 17.9 Å². The Morgan fingerprint density at radius 2 is 2.00 bits per heavy atom. The fraction of sp³-hybridized carbons (Fsp3) is 0.222. The van der Waals surface area contributed by atoms with E-state index in [2.05, 4.69) is 15.0 Å². The normalized spacial score (nSPS) is 15.9. The number of thiazole rings is 1. The van der Waals surface area contributed by atoms with Crippen LogP contribution in [0.1, 0.15) is 23.2 Å². The lowest BCUT2D eigenvalue weighted by Crippen LogP contribution is -2.49. The molecule has 1 aliphatic rings. The molecular weight excluding hydrogens is 372 g/mol. The van der Waals surface area contributed by atoms with Gasteiger partial charge in [0.25, 0.3) is 5.92 Å². The lowest BCUT2D eigenvalue weighted by Gasteiger charge is -2.41. The summed E-state index contributed by atoms with van der Waals surface area (Å²) in [5, 5.41) is 0.519. The molecule has 1 aliphatic carbocycles. The maximum Gasteiger partial charge on any atom is 0.252 e. The Morgan fingerprint density at radius 1 is 1.19 bits per heavy atom. The molecule has 0 aliphatic heterocycles. The van der Waals surface area contributed by atoms with Crippen LogP contribution in [-0.4, -0.2) is 32.8 Å². The molecule has 9 heteroatoms. The van der Waals surface area contributed by atoms with Crippen molar-refractivity contribution in [2.45, 2.75) is 24.8 Å². The molecule has 1 saturated carbocycles. The van der Waals surface area contributed by atoms with E-state index in [9.17, 15) is 13.6 Å². The third-order valence-corrected chi connectivity index (χ3v) is 5.35. The minimum Gasteiger partial charge on any atom is -0.366 e. The minimum absolute atomic E-state index is 0.262. The van der Waals surface area contributed by atoms with Crippen LogP contribution in [0.25, 0.3) is 10.6 Å². The van der Waals surface area contributed by atoms with Gasteiger partial charge in [-0.3, -0.25) is 14.7 Å². The van der Waals surface area contributed by atoms with Crippen LogP contribution in [0, 0.1) is 0 Å². The van der Waals surface area contributed by atoms with Crippen molar-refractivity contribution < 1.29 is 13.6 Å². The highest BCUT2D eigenvalue weighted by Crippen LogP contribution is 2.46. The SMILES string of the molecule is NC(=O)c1ccnc(N(c2ncc(-c3ccccn3)s2)C2CC(F)(F)C2)c1. The number of halogens is 2. The third kappa shape index (κ3) is 3.50. The van der Waals surface area contributed by atoms with Crippen molar-refractivity contribution >= 4 is 28.2 Å². The number of nitrogens with two attached hydrogens (primary N) is 1. The van der Waals surface area contributed by atoms with E-state index in [0.717, 1.165) is 10.6 Å². The molecule has 0 saturated heterocycles. The summed E-state index contributed by atoms with van der Waals surface area (Å²) in [7, 11) is 0. The van der Waals surface area contributed by atoms with Crippen LogP contribution in [0.4, 0.5) is 19.7 Å². The van der Waals surface area contributed by atoms with Crippen molar-refractivity contribution in [2.24, 2.45) is 5.73 Å². The van der Waals surface area contributed by atoms with Gasteiger partial charge in [-0.15, -0.1) is 0 Å². The van der Waals surface area contributed by atoms with Crippen molar-refractivity contribution in [1.29, 1.82) is 0 Å². The molecule has 4 rings (SSSR count). The van der Waals surface area contributed by atoms with E-state index in [1.165, 1.54) is 29.7 Å². The van der Waals surface area contributed by atoms with Gasteiger partial charge in [-0.2, -0.15) is 0 Å². The predicted molar refractivity (Wildman–Crippen MR) is 98.2 cm³/mol. The van der Waals surface area contributed by atoms with E-state index in [0.29, 0.717) is 10.9 Å². The Balaban J connectivity index is 1.72. The first-order valence-electron chi connectivity index (χ1n) is 8.23. The van der Waals surface area contributed by atoms with E-state index >= 15 is 0 Å². The molecule has 3 heterocycles. The summed E-state index contributed by atoms with van der Waals surface area (Å²) >= 11 is 1.33. The van der Waals surface area contributed by atoms with Gasteiger partial charge in [0.15, 0.2) is 5.13 Å². The summed E-state index contributed by atoms with van der Waals surface area (Å²) in [6, 6.07) is 8.06. The minimum atomic E-state index is -2.70. The number of pyridine rings is 2. The Hall–Kier alpha value is -2.94. The Kier molecular flexibility index (Phi) is 4.31. The van der Waals surface area contributed by atoms with Gasteiger partial charge >= 0.3 is 0 Å². The van der Waals surface area contributed by atoms with E-state index in [1.807, 2.05) is 18.2 Å². The quantitative estimate of drug-likeness (QED) is 0.723. The molecule has 6 nitrogen and oxygen atoms in total. The van der Waals surface area contributed by atoms with Gasteiger partial charge in [0.2, 0.25) is 5.91 Å². The van der Waals surface area contributed by atoms with Gasteiger partial charge in [-0.05, 0) is 24.3 Å². The number of anilines is 2. The van der Waals surface area contributed by atoms with Gasteiger partial charge < -0.3 is 5.73 Å². The topological polar surface area (TPSA) is 85.0 Å². The first-order chi connectivity index (χ1) is 12.9. The second-order valence-corrected chi connectivity index (χ2v) is 7.29. The van der Waals surface area contributed by atoms with Crippen LogP contribution in [0.15, 0.2) is 48.9 Å². The Morgan fingerprint density at radius 3 is 2.67 bits per heavy atom. The first-order valence-corrected chi connectivity index (χ1v) is 9.05. The molecular formula is C18H15F2N5OS. The van der Waals surface area contributed by atoms with Crippen molar-refractivity contribution in [2.75, 3.05) is 4.90 Å². The summed E-state index contributed by atoms with van der Waals surface area (Å²) in [4.78, 5) is 26.9. The first kappa shape index (κ1) is 17.5. The smallest absolute Gasteiger partial charge is 0.252 e. The second kappa shape index (κ2) is 6.66. The number of nitrogens with zero attached hydrogens (tertiary/aromatic N) is 4. The monoisotopic (exact) mass is 387 g/mol. The second-order valence-electron chi connectivity index (χ2n) is 6.28. The maximum atomic E-state index is 13.5. The molecule has 2 N–H and O–H groups in total. The van der Waals surface area contributed by atoms with Crippen LogP contribution in [0.3, 0.4) is 0 Å². The Bertz CT molecular complexity index is 971. The number of primary amides is 1. The van der Waals surface area contributed by atoms with Crippen molar-refractivity contribution in [3.8, 4) is 10.6 Å². The molecule has 3 aromatic heterocycles. The van der Waals surface area contributed by atoms with Gasteiger partial charge in [0.05, 0.1) is 10.6 Å². The van der Waals surface area contributed by atoms with Crippen LogP contribution in [0.5, 0.6) is 0 Å². The van der Waals surface area contributed by atoms with Gasteiger partial charge in [-0.25, -0.2) is 18.7 Å². The predicted octanol–water partition coefficient (Wildman–Crippen LogP) is 3.63. The highest BCUT2D eigenvalue weighted by molar-refractivity contribution is 7.18. The van der Waals surface area contributed by atoms with Gasteiger partial charge in [0.1, 0.15) is 5.82 Å². The highest BCUT2D eigenvalue weighted by Gasteiger charge is 2.49. The number of hydrogen-bond donors (Lipinski definition) is 1. The zero-order valence-electron chi connectivity index (χ0n) is 14.0. The van der Waals surface area contributed by atoms with E-state index in [1.54, 1.807) is 17.3 Å². The number of aromatic nitrogens is 3. The van der Waals surface area contributed by atoms with Crippen LogP contribution in [0.2, 0.25) is 0 Å². The lowest BCUT2D eigenvalue weighted by atomic mass is 9.87. The average Bonchev–Trinajstić information content (AvgIpc) is 3.11. The van der Waals surface area contributed by atoms with E-state index in [4.69, 9.17) is 5.73 Å². The van der Waals surface area contributed by atoms with Crippen LogP contribution < -0.4 is 10.6 Å².